The Morgan fingerprint density at radius 2 is 1.81 bits per heavy atom. The predicted molar refractivity (Wildman–Crippen MR) is 143 cm³/mol. The molecule has 0 unspecified atom stereocenters. The molecule has 1 fully saturated rings. The molecule has 0 radical (unpaired) electrons. The molecule has 1 aliphatic rings. The minimum atomic E-state index is -0.497. The number of H-pyrrole nitrogens is 1. The number of hydrogen-bond donors (Lipinski definition) is 2. The summed E-state index contributed by atoms with van der Waals surface area (Å²) < 4.78 is 27.0. The number of aromatic nitrogens is 4. The Kier molecular flexibility index (Phi) is 6.87. The first-order valence-corrected chi connectivity index (χ1v) is 12.6. The third kappa shape index (κ3) is 5.03. The van der Waals surface area contributed by atoms with E-state index in [0.717, 1.165) is 18.2 Å². The normalized spacial score (nSPS) is 16.1. The Labute approximate surface area is 223 Å². The molecule has 0 saturated carbocycles. The van der Waals surface area contributed by atoms with Crippen molar-refractivity contribution in [2.45, 2.75) is 38.3 Å². The van der Waals surface area contributed by atoms with E-state index in [1.165, 1.54) is 18.5 Å². The van der Waals surface area contributed by atoms with Crippen LogP contribution in [0.1, 0.15) is 38.4 Å². The molecule has 1 aliphatic heterocycles. The van der Waals surface area contributed by atoms with Gasteiger partial charge in [0.25, 0.3) is 0 Å². The maximum Gasteiger partial charge on any atom is 0.166 e. The second kappa shape index (κ2) is 9.96. The van der Waals surface area contributed by atoms with Crippen LogP contribution in [0.25, 0.3) is 22.2 Å². The number of piperidine rings is 1. The van der Waals surface area contributed by atoms with Gasteiger partial charge in [0.05, 0.1) is 22.7 Å². The summed E-state index contributed by atoms with van der Waals surface area (Å²) in [5.41, 5.74) is 8.39. The fourth-order valence-electron chi connectivity index (χ4n) is 4.58. The van der Waals surface area contributed by atoms with E-state index in [2.05, 4.69) is 20.2 Å². The Balaban J connectivity index is 1.47. The van der Waals surface area contributed by atoms with Gasteiger partial charge in [0.2, 0.25) is 0 Å². The van der Waals surface area contributed by atoms with Crippen molar-refractivity contribution in [1.29, 1.82) is 0 Å². The first-order valence-electron chi connectivity index (χ1n) is 11.9. The van der Waals surface area contributed by atoms with Crippen molar-refractivity contribution in [3.05, 3.63) is 58.2 Å². The lowest BCUT2D eigenvalue weighted by atomic mass is 9.91. The zero-order valence-electron chi connectivity index (χ0n) is 20.7. The van der Waals surface area contributed by atoms with Gasteiger partial charge in [-0.05, 0) is 38.8 Å². The molecule has 37 heavy (non-hydrogen) atoms. The second-order valence-corrected chi connectivity index (χ2v) is 10.4. The SMILES string of the molecule is COc1cc2[nH]nc(-c3cnc(N4CCC(C)(N)CC4)c(F)c3)c2cc1O[C@H](C)c1c(Cl)cncc1Cl. The maximum absolute atomic E-state index is 15.2. The number of hydrogen-bond acceptors (Lipinski definition) is 7. The number of ether oxygens (including phenoxy) is 2. The van der Waals surface area contributed by atoms with Gasteiger partial charge in [-0.2, -0.15) is 5.10 Å². The minimum absolute atomic E-state index is 0.229. The van der Waals surface area contributed by atoms with Crippen molar-refractivity contribution in [2.24, 2.45) is 5.73 Å². The Bertz CT molecular complexity index is 1430. The first-order chi connectivity index (χ1) is 17.7. The molecule has 8 nitrogen and oxygen atoms in total. The second-order valence-electron chi connectivity index (χ2n) is 9.57. The van der Waals surface area contributed by atoms with Crippen LogP contribution in [-0.4, -0.2) is 45.9 Å². The molecule has 5 rings (SSSR count). The molecule has 4 aromatic rings. The van der Waals surface area contributed by atoms with Gasteiger partial charge in [-0.3, -0.25) is 10.1 Å². The van der Waals surface area contributed by atoms with Gasteiger partial charge in [-0.25, -0.2) is 9.37 Å². The van der Waals surface area contributed by atoms with Gasteiger partial charge in [-0.15, -0.1) is 0 Å². The molecule has 4 heterocycles. The van der Waals surface area contributed by atoms with Crippen molar-refractivity contribution < 1.29 is 13.9 Å². The highest BCUT2D eigenvalue weighted by Crippen LogP contribution is 2.40. The lowest BCUT2D eigenvalue weighted by molar-refractivity contribution is 0.216. The quantitative estimate of drug-likeness (QED) is 0.310. The van der Waals surface area contributed by atoms with E-state index in [0.29, 0.717) is 62.8 Å². The van der Waals surface area contributed by atoms with Crippen molar-refractivity contribution in [1.82, 2.24) is 20.2 Å². The molecule has 3 N–H and O–H groups in total. The number of nitrogens with zero attached hydrogens (tertiary/aromatic N) is 4. The number of pyridine rings is 2. The Hall–Kier alpha value is -3.14. The van der Waals surface area contributed by atoms with Gasteiger partial charge < -0.3 is 20.1 Å². The number of nitrogens with two attached hydrogens (primary N) is 1. The highest BCUT2D eigenvalue weighted by molar-refractivity contribution is 6.35. The Morgan fingerprint density at radius 3 is 2.46 bits per heavy atom. The number of rotatable bonds is 6. The zero-order valence-corrected chi connectivity index (χ0v) is 22.2. The third-order valence-corrected chi connectivity index (χ3v) is 7.35. The number of anilines is 1. The van der Waals surface area contributed by atoms with E-state index in [1.807, 2.05) is 18.7 Å². The maximum atomic E-state index is 15.2. The highest BCUT2D eigenvalue weighted by Gasteiger charge is 2.28. The Morgan fingerprint density at radius 1 is 1.11 bits per heavy atom. The molecule has 0 aliphatic carbocycles. The number of halogens is 3. The molecule has 1 aromatic carbocycles. The average molecular weight is 545 g/mol. The smallest absolute Gasteiger partial charge is 0.166 e. The van der Waals surface area contributed by atoms with Crippen LogP contribution in [0.15, 0.2) is 36.8 Å². The van der Waals surface area contributed by atoms with Crippen LogP contribution < -0.4 is 20.1 Å². The molecule has 0 amide bonds. The van der Waals surface area contributed by atoms with E-state index in [4.69, 9.17) is 38.4 Å². The van der Waals surface area contributed by atoms with E-state index in [1.54, 1.807) is 25.4 Å². The number of aromatic amines is 1. The number of fused-ring (bicyclic) bond motifs is 1. The van der Waals surface area contributed by atoms with Crippen molar-refractivity contribution in [2.75, 3.05) is 25.1 Å². The molecule has 194 valence electrons. The molecule has 1 atom stereocenters. The topological polar surface area (TPSA) is 102 Å². The molecule has 3 aromatic heterocycles. The van der Waals surface area contributed by atoms with Crippen LogP contribution in [0, 0.1) is 5.82 Å². The fraction of sp³-hybridized carbons (Fsp3) is 0.346. The molecule has 11 heteroatoms. The van der Waals surface area contributed by atoms with Crippen LogP contribution >= 0.6 is 23.2 Å². The molecule has 0 spiro atoms. The van der Waals surface area contributed by atoms with Crippen molar-refractivity contribution >= 4 is 39.9 Å². The van der Waals surface area contributed by atoms with Crippen molar-refractivity contribution in [3.8, 4) is 22.8 Å². The minimum Gasteiger partial charge on any atom is -0.493 e. The van der Waals surface area contributed by atoms with E-state index >= 15 is 4.39 Å². The lowest BCUT2D eigenvalue weighted by Gasteiger charge is -2.37. The van der Waals surface area contributed by atoms with Crippen molar-refractivity contribution in [3.63, 3.8) is 0 Å². The summed E-state index contributed by atoms with van der Waals surface area (Å²) in [5, 5.41) is 8.93. The zero-order chi connectivity index (χ0) is 26.3. The van der Waals surface area contributed by atoms with Crippen LogP contribution in [0.4, 0.5) is 10.2 Å². The third-order valence-electron chi connectivity index (χ3n) is 6.75. The number of benzene rings is 1. The first kappa shape index (κ1) is 25.5. The van der Waals surface area contributed by atoms with Gasteiger partial charge in [0, 0.05) is 59.8 Å². The van der Waals surface area contributed by atoms with Crippen LogP contribution in [0.2, 0.25) is 10.0 Å². The number of nitrogens with one attached hydrogen (secondary N) is 1. The van der Waals surface area contributed by atoms with Crippen LogP contribution in [0.5, 0.6) is 11.5 Å². The summed E-state index contributed by atoms with van der Waals surface area (Å²) in [4.78, 5) is 10.4. The average Bonchev–Trinajstić information content (AvgIpc) is 3.26. The summed E-state index contributed by atoms with van der Waals surface area (Å²) >= 11 is 12.6. The summed E-state index contributed by atoms with van der Waals surface area (Å²) in [6, 6.07) is 5.03. The molecular formula is C26H27Cl2FN6O2. The predicted octanol–water partition coefficient (Wildman–Crippen LogP) is 5.93. The van der Waals surface area contributed by atoms with Crippen LogP contribution in [0.3, 0.4) is 0 Å². The van der Waals surface area contributed by atoms with Gasteiger partial charge >= 0.3 is 0 Å². The number of methoxy groups -OCH3 is 1. The van der Waals surface area contributed by atoms with E-state index in [-0.39, 0.29) is 5.54 Å². The summed E-state index contributed by atoms with van der Waals surface area (Å²) in [6.45, 7) is 5.17. The molecule has 1 saturated heterocycles. The lowest BCUT2D eigenvalue weighted by Crippen LogP contribution is -2.48. The van der Waals surface area contributed by atoms with Gasteiger partial charge in [0.1, 0.15) is 11.8 Å². The summed E-state index contributed by atoms with van der Waals surface area (Å²) in [5.74, 6) is 0.865. The molecular weight excluding hydrogens is 518 g/mol. The van der Waals surface area contributed by atoms with Gasteiger partial charge in [0.15, 0.2) is 23.1 Å². The summed E-state index contributed by atoms with van der Waals surface area (Å²) in [7, 11) is 1.55. The van der Waals surface area contributed by atoms with E-state index < -0.39 is 11.9 Å². The van der Waals surface area contributed by atoms with Crippen LogP contribution in [-0.2, 0) is 0 Å². The van der Waals surface area contributed by atoms with E-state index in [9.17, 15) is 0 Å². The largest absolute Gasteiger partial charge is 0.493 e. The highest BCUT2D eigenvalue weighted by atomic mass is 35.5. The summed E-state index contributed by atoms with van der Waals surface area (Å²) in [6.07, 6.45) is 5.72. The molecule has 0 bridgehead atoms. The van der Waals surface area contributed by atoms with Gasteiger partial charge in [-0.1, -0.05) is 23.2 Å². The monoisotopic (exact) mass is 544 g/mol. The fourth-order valence-corrected chi connectivity index (χ4v) is 5.25. The standard InChI is InChI=1S/C26H27Cl2FN6O2/c1-14(23-17(27)12-31-13-18(23)28)37-22-9-16-20(10-21(22)36-3)33-34-24(16)15-8-19(29)25(32-11-15)35-6-4-26(2,30)5-7-35/h8-14H,4-7,30H2,1-3H3,(H,33,34)/t14-/m1/s1.